The maximum Gasteiger partial charge on any atom is 0.417 e. The fourth-order valence-corrected chi connectivity index (χ4v) is 3.01. The number of nitrogens with zero attached hydrogens (tertiary/aromatic N) is 1. The van der Waals surface area contributed by atoms with E-state index in [0.717, 1.165) is 12.1 Å². The number of nitrogens with one attached hydrogen (secondary N) is 2. The topological polar surface area (TPSA) is 61.4 Å². The smallest absolute Gasteiger partial charge is 0.374 e. The van der Waals surface area contributed by atoms with Gasteiger partial charge in [0.1, 0.15) is 6.04 Å². The van der Waals surface area contributed by atoms with Crippen molar-refractivity contribution in [3.63, 3.8) is 0 Å². The molecule has 2 rings (SSSR count). The van der Waals surface area contributed by atoms with Crippen LogP contribution in [0.3, 0.4) is 0 Å². The lowest BCUT2D eigenvalue weighted by atomic mass is 10.1. The molecule has 1 atom stereocenters. The Balaban J connectivity index is 2.03. The van der Waals surface area contributed by atoms with Gasteiger partial charge in [-0.3, -0.25) is 9.59 Å². The highest BCUT2D eigenvalue weighted by molar-refractivity contribution is 6.31. The zero-order valence-electron chi connectivity index (χ0n) is 16.8. The molecule has 162 valence electrons. The Morgan fingerprint density at radius 2 is 1.60 bits per heavy atom. The number of carbonyl (C=O) groups is 2. The van der Waals surface area contributed by atoms with Crippen LogP contribution in [0.5, 0.6) is 0 Å². The van der Waals surface area contributed by atoms with Crippen LogP contribution in [0.4, 0.5) is 24.5 Å². The van der Waals surface area contributed by atoms with Gasteiger partial charge in [0.2, 0.25) is 5.91 Å². The van der Waals surface area contributed by atoms with E-state index < -0.39 is 28.7 Å². The molecule has 0 spiro atoms. The summed E-state index contributed by atoms with van der Waals surface area (Å²) in [7, 11) is 0. The van der Waals surface area contributed by atoms with E-state index in [0.29, 0.717) is 24.3 Å². The number of halogens is 4. The van der Waals surface area contributed by atoms with Crippen LogP contribution in [0.15, 0.2) is 42.5 Å². The Labute approximate surface area is 178 Å². The number of hydrogen-bond acceptors (Lipinski definition) is 3. The van der Waals surface area contributed by atoms with Gasteiger partial charge in [0.25, 0.3) is 5.91 Å². The molecule has 0 fully saturated rings. The Morgan fingerprint density at radius 1 is 1.03 bits per heavy atom. The lowest BCUT2D eigenvalue weighted by molar-refractivity contribution is -0.137. The van der Waals surface area contributed by atoms with Crippen LogP contribution in [0.25, 0.3) is 0 Å². The Bertz CT molecular complexity index is 897. The molecule has 0 saturated heterocycles. The quantitative estimate of drug-likeness (QED) is 0.614. The fraction of sp³-hybridized carbons (Fsp3) is 0.333. The average molecular weight is 442 g/mol. The highest BCUT2D eigenvalue weighted by Gasteiger charge is 2.33. The third kappa shape index (κ3) is 5.89. The summed E-state index contributed by atoms with van der Waals surface area (Å²) < 4.78 is 38.9. The van der Waals surface area contributed by atoms with Gasteiger partial charge >= 0.3 is 6.18 Å². The van der Waals surface area contributed by atoms with E-state index in [1.807, 2.05) is 13.8 Å². The number of anilines is 2. The SMILES string of the molecule is CCN(CC)C(=O)c1ccc(NC(C)C(=O)Nc2ccc(Cl)c(C(F)(F)F)c2)cc1. The number of carbonyl (C=O) groups excluding carboxylic acids is 2. The van der Waals surface area contributed by atoms with E-state index in [1.54, 1.807) is 36.1 Å². The van der Waals surface area contributed by atoms with Crippen LogP contribution in [-0.2, 0) is 11.0 Å². The third-order valence-electron chi connectivity index (χ3n) is 4.50. The standard InChI is InChI=1S/C21H23ClF3N3O2/c1-4-28(5-2)20(30)14-6-8-15(9-7-14)26-13(3)19(29)27-16-10-11-18(22)17(12-16)21(23,24)25/h6-13,26H,4-5H2,1-3H3,(H,27,29). The minimum atomic E-state index is -4.62. The molecule has 2 amide bonds. The Hall–Kier alpha value is -2.74. The van der Waals surface area contributed by atoms with Crippen LogP contribution in [0.2, 0.25) is 5.02 Å². The molecule has 0 aliphatic rings. The summed E-state index contributed by atoms with van der Waals surface area (Å²) in [4.78, 5) is 26.4. The van der Waals surface area contributed by atoms with Gasteiger partial charge < -0.3 is 15.5 Å². The molecule has 0 aromatic heterocycles. The minimum Gasteiger partial charge on any atom is -0.374 e. The molecule has 2 N–H and O–H groups in total. The predicted octanol–water partition coefficient (Wildman–Crippen LogP) is 5.28. The first-order valence-corrected chi connectivity index (χ1v) is 9.78. The molecule has 2 aromatic rings. The average Bonchev–Trinajstić information content (AvgIpc) is 2.69. The van der Waals surface area contributed by atoms with Crippen molar-refractivity contribution in [1.29, 1.82) is 0 Å². The third-order valence-corrected chi connectivity index (χ3v) is 4.83. The number of rotatable bonds is 7. The molecule has 2 aromatic carbocycles. The summed E-state index contributed by atoms with van der Waals surface area (Å²) >= 11 is 5.59. The van der Waals surface area contributed by atoms with Crippen molar-refractivity contribution in [1.82, 2.24) is 4.90 Å². The number of hydrogen-bond donors (Lipinski definition) is 2. The van der Waals surface area contributed by atoms with Crippen LogP contribution in [0.1, 0.15) is 36.7 Å². The van der Waals surface area contributed by atoms with E-state index in [-0.39, 0.29) is 11.6 Å². The molecule has 0 aliphatic heterocycles. The van der Waals surface area contributed by atoms with E-state index >= 15 is 0 Å². The van der Waals surface area contributed by atoms with Crippen LogP contribution >= 0.6 is 11.6 Å². The van der Waals surface area contributed by atoms with Crippen LogP contribution in [0, 0.1) is 0 Å². The van der Waals surface area contributed by atoms with Crippen LogP contribution in [-0.4, -0.2) is 35.8 Å². The van der Waals surface area contributed by atoms with Gasteiger partial charge in [0.15, 0.2) is 0 Å². The molecule has 9 heteroatoms. The number of alkyl halides is 3. The maximum absolute atomic E-state index is 13.0. The number of amides is 2. The maximum atomic E-state index is 13.0. The predicted molar refractivity (Wildman–Crippen MR) is 112 cm³/mol. The fourth-order valence-electron chi connectivity index (χ4n) is 2.79. The van der Waals surface area contributed by atoms with Crippen LogP contribution < -0.4 is 10.6 Å². The summed E-state index contributed by atoms with van der Waals surface area (Å²) in [5.41, 5.74) is 0.101. The molecule has 1 unspecified atom stereocenters. The largest absolute Gasteiger partial charge is 0.417 e. The van der Waals surface area contributed by atoms with Gasteiger partial charge in [-0.05, 0) is 63.2 Å². The molecule has 0 bridgehead atoms. The van der Waals surface area contributed by atoms with Gasteiger partial charge in [0.05, 0.1) is 10.6 Å². The van der Waals surface area contributed by atoms with Crippen molar-refractivity contribution in [2.75, 3.05) is 23.7 Å². The van der Waals surface area contributed by atoms with E-state index in [4.69, 9.17) is 11.6 Å². The summed E-state index contributed by atoms with van der Waals surface area (Å²) in [5, 5.41) is 4.96. The molecule has 5 nitrogen and oxygen atoms in total. The first-order chi connectivity index (χ1) is 14.1. The molecule has 0 saturated carbocycles. The Kier molecular flexibility index (Phi) is 7.72. The first-order valence-electron chi connectivity index (χ1n) is 9.40. The summed E-state index contributed by atoms with van der Waals surface area (Å²) in [6.45, 7) is 6.58. The first kappa shape index (κ1) is 23.5. The molecule has 30 heavy (non-hydrogen) atoms. The lowest BCUT2D eigenvalue weighted by Crippen LogP contribution is -2.32. The number of benzene rings is 2. The van der Waals surface area contributed by atoms with Gasteiger partial charge in [-0.1, -0.05) is 11.6 Å². The van der Waals surface area contributed by atoms with E-state index in [1.165, 1.54) is 6.07 Å². The van der Waals surface area contributed by atoms with Crippen molar-refractivity contribution in [2.24, 2.45) is 0 Å². The monoisotopic (exact) mass is 441 g/mol. The highest BCUT2D eigenvalue weighted by atomic mass is 35.5. The zero-order chi connectivity index (χ0) is 22.5. The van der Waals surface area contributed by atoms with Crippen molar-refractivity contribution in [3.05, 3.63) is 58.6 Å². The second-order valence-corrected chi connectivity index (χ2v) is 7.01. The highest BCUT2D eigenvalue weighted by Crippen LogP contribution is 2.36. The summed E-state index contributed by atoms with van der Waals surface area (Å²) in [6.07, 6.45) is -4.62. The van der Waals surface area contributed by atoms with Crippen molar-refractivity contribution >= 4 is 34.8 Å². The summed E-state index contributed by atoms with van der Waals surface area (Å²) in [6, 6.07) is 9.10. The van der Waals surface area contributed by atoms with Crippen molar-refractivity contribution in [2.45, 2.75) is 33.0 Å². The molecule has 0 aliphatic carbocycles. The normalized spacial score (nSPS) is 12.2. The minimum absolute atomic E-state index is 0.00876. The van der Waals surface area contributed by atoms with Gasteiger partial charge in [-0.2, -0.15) is 13.2 Å². The zero-order valence-corrected chi connectivity index (χ0v) is 17.6. The molecular weight excluding hydrogens is 419 g/mol. The second kappa shape index (κ2) is 9.84. The lowest BCUT2D eigenvalue weighted by Gasteiger charge is -2.19. The Morgan fingerprint density at radius 3 is 2.13 bits per heavy atom. The van der Waals surface area contributed by atoms with E-state index in [2.05, 4.69) is 10.6 Å². The molecular formula is C21H23ClF3N3O2. The molecule has 0 heterocycles. The summed E-state index contributed by atoms with van der Waals surface area (Å²) in [5.74, 6) is -0.603. The van der Waals surface area contributed by atoms with Gasteiger partial charge in [-0.25, -0.2) is 0 Å². The van der Waals surface area contributed by atoms with E-state index in [9.17, 15) is 22.8 Å². The molecule has 0 radical (unpaired) electrons. The van der Waals surface area contributed by atoms with Gasteiger partial charge in [-0.15, -0.1) is 0 Å². The second-order valence-electron chi connectivity index (χ2n) is 6.60. The van der Waals surface area contributed by atoms with Crippen molar-refractivity contribution < 1.29 is 22.8 Å². The van der Waals surface area contributed by atoms with Crippen molar-refractivity contribution in [3.8, 4) is 0 Å². The van der Waals surface area contributed by atoms with Gasteiger partial charge in [0, 0.05) is 30.0 Å².